The minimum absolute atomic E-state index is 0.136. The van der Waals surface area contributed by atoms with Crippen LogP contribution < -0.4 is 5.32 Å². The van der Waals surface area contributed by atoms with E-state index in [2.05, 4.69) is 12.2 Å². The predicted octanol–water partition coefficient (Wildman–Crippen LogP) is 3.84. The van der Waals surface area contributed by atoms with Crippen LogP contribution in [0.25, 0.3) is 0 Å². The number of aryl methyl sites for hydroxylation is 1. The van der Waals surface area contributed by atoms with Gasteiger partial charge in [0.25, 0.3) is 0 Å². The number of nitrogens with one attached hydrogen (secondary N) is 1. The maximum absolute atomic E-state index is 13.0. The minimum Gasteiger partial charge on any atom is -0.314 e. The van der Waals surface area contributed by atoms with Crippen LogP contribution in [0.4, 0.5) is 4.39 Å². The standard InChI is InChI=1S/C16H24FN/c1-12-11-16(17)8-7-14(12)9-10-18-13(2)15-5-3-4-6-15/h7-8,11,13,15,18H,3-6,9-10H2,1-2H3. The first-order valence-corrected chi connectivity index (χ1v) is 7.15. The van der Waals surface area contributed by atoms with Crippen molar-refractivity contribution in [3.8, 4) is 0 Å². The number of hydrogen-bond acceptors (Lipinski definition) is 1. The molecule has 1 N–H and O–H groups in total. The van der Waals surface area contributed by atoms with Gasteiger partial charge in [0, 0.05) is 6.04 Å². The second kappa shape index (κ2) is 6.33. The smallest absolute Gasteiger partial charge is 0.123 e. The Morgan fingerprint density at radius 3 is 2.72 bits per heavy atom. The van der Waals surface area contributed by atoms with E-state index >= 15 is 0 Å². The molecule has 0 aliphatic heterocycles. The van der Waals surface area contributed by atoms with Gasteiger partial charge >= 0.3 is 0 Å². The molecular weight excluding hydrogens is 225 g/mol. The number of hydrogen-bond donors (Lipinski definition) is 1. The van der Waals surface area contributed by atoms with E-state index in [9.17, 15) is 4.39 Å². The van der Waals surface area contributed by atoms with Gasteiger partial charge in [0.2, 0.25) is 0 Å². The maximum atomic E-state index is 13.0. The molecule has 0 bridgehead atoms. The van der Waals surface area contributed by atoms with E-state index in [4.69, 9.17) is 0 Å². The zero-order chi connectivity index (χ0) is 13.0. The Balaban J connectivity index is 1.77. The van der Waals surface area contributed by atoms with E-state index in [1.54, 1.807) is 12.1 Å². The molecule has 0 amide bonds. The van der Waals surface area contributed by atoms with E-state index < -0.39 is 0 Å². The van der Waals surface area contributed by atoms with Crippen molar-refractivity contribution in [3.63, 3.8) is 0 Å². The van der Waals surface area contributed by atoms with Gasteiger partial charge in [0.1, 0.15) is 5.82 Å². The largest absolute Gasteiger partial charge is 0.314 e. The van der Waals surface area contributed by atoms with Gasteiger partial charge in [0.05, 0.1) is 0 Å². The lowest BCUT2D eigenvalue weighted by atomic mass is 9.99. The molecule has 2 heteroatoms. The van der Waals surface area contributed by atoms with Crippen LogP contribution in [-0.4, -0.2) is 12.6 Å². The molecule has 1 aliphatic rings. The number of benzene rings is 1. The van der Waals surface area contributed by atoms with Crippen LogP contribution in [-0.2, 0) is 6.42 Å². The summed E-state index contributed by atoms with van der Waals surface area (Å²) in [4.78, 5) is 0. The van der Waals surface area contributed by atoms with Gasteiger partial charge in [-0.05, 0) is 68.8 Å². The quantitative estimate of drug-likeness (QED) is 0.836. The van der Waals surface area contributed by atoms with Gasteiger partial charge in [-0.3, -0.25) is 0 Å². The highest BCUT2D eigenvalue weighted by molar-refractivity contribution is 5.26. The van der Waals surface area contributed by atoms with Crippen LogP contribution in [0.2, 0.25) is 0 Å². The highest BCUT2D eigenvalue weighted by atomic mass is 19.1. The summed E-state index contributed by atoms with van der Waals surface area (Å²) in [5.41, 5.74) is 2.31. The highest BCUT2D eigenvalue weighted by Crippen LogP contribution is 2.27. The first kappa shape index (κ1) is 13.5. The number of rotatable bonds is 5. The minimum atomic E-state index is -0.136. The third-order valence-electron chi connectivity index (χ3n) is 4.27. The van der Waals surface area contributed by atoms with Crippen LogP contribution in [0.5, 0.6) is 0 Å². The Morgan fingerprint density at radius 2 is 2.06 bits per heavy atom. The average Bonchev–Trinajstić information content (AvgIpc) is 2.85. The second-order valence-corrected chi connectivity index (χ2v) is 5.61. The topological polar surface area (TPSA) is 12.0 Å². The van der Waals surface area contributed by atoms with E-state index in [0.29, 0.717) is 6.04 Å². The molecule has 1 aliphatic carbocycles. The number of halogens is 1. The summed E-state index contributed by atoms with van der Waals surface area (Å²) in [6, 6.07) is 5.71. The van der Waals surface area contributed by atoms with Crippen molar-refractivity contribution in [2.24, 2.45) is 5.92 Å². The fraction of sp³-hybridized carbons (Fsp3) is 0.625. The Bertz CT molecular complexity index is 383. The van der Waals surface area contributed by atoms with Crippen molar-refractivity contribution in [2.45, 2.75) is 52.0 Å². The summed E-state index contributed by atoms with van der Waals surface area (Å²) < 4.78 is 13.0. The molecule has 1 saturated carbocycles. The van der Waals surface area contributed by atoms with Crippen molar-refractivity contribution >= 4 is 0 Å². The highest BCUT2D eigenvalue weighted by Gasteiger charge is 2.20. The van der Waals surface area contributed by atoms with Gasteiger partial charge in [0.15, 0.2) is 0 Å². The van der Waals surface area contributed by atoms with Crippen LogP contribution in [0.15, 0.2) is 18.2 Å². The van der Waals surface area contributed by atoms with Crippen LogP contribution >= 0.6 is 0 Å². The van der Waals surface area contributed by atoms with E-state index in [1.165, 1.54) is 31.2 Å². The van der Waals surface area contributed by atoms with Gasteiger partial charge in [-0.15, -0.1) is 0 Å². The Hall–Kier alpha value is -0.890. The van der Waals surface area contributed by atoms with Crippen LogP contribution in [0, 0.1) is 18.7 Å². The third kappa shape index (κ3) is 3.55. The van der Waals surface area contributed by atoms with E-state index in [0.717, 1.165) is 24.4 Å². The van der Waals surface area contributed by atoms with Gasteiger partial charge in [-0.2, -0.15) is 0 Å². The Labute approximate surface area is 110 Å². The summed E-state index contributed by atoms with van der Waals surface area (Å²) >= 11 is 0. The first-order chi connectivity index (χ1) is 8.66. The molecule has 1 aromatic rings. The summed E-state index contributed by atoms with van der Waals surface area (Å²) in [6.07, 6.45) is 6.54. The fourth-order valence-corrected chi connectivity index (χ4v) is 3.00. The van der Waals surface area contributed by atoms with E-state index in [1.807, 2.05) is 13.0 Å². The molecule has 18 heavy (non-hydrogen) atoms. The SMILES string of the molecule is Cc1cc(F)ccc1CCNC(C)C1CCCC1. The summed E-state index contributed by atoms with van der Waals surface area (Å²) in [5, 5.41) is 3.62. The predicted molar refractivity (Wildman–Crippen MR) is 74.3 cm³/mol. The molecule has 1 nitrogen and oxygen atoms in total. The summed E-state index contributed by atoms with van der Waals surface area (Å²) in [6.45, 7) is 5.27. The molecule has 0 saturated heterocycles. The molecule has 1 atom stereocenters. The Kier molecular flexibility index (Phi) is 4.76. The summed E-state index contributed by atoms with van der Waals surface area (Å²) in [7, 11) is 0. The summed E-state index contributed by atoms with van der Waals surface area (Å²) in [5.74, 6) is 0.725. The van der Waals surface area contributed by atoms with Crippen molar-refractivity contribution < 1.29 is 4.39 Å². The van der Waals surface area contributed by atoms with E-state index in [-0.39, 0.29) is 5.82 Å². The van der Waals surface area contributed by atoms with Crippen molar-refractivity contribution in [1.29, 1.82) is 0 Å². The van der Waals surface area contributed by atoms with Gasteiger partial charge in [-0.1, -0.05) is 18.9 Å². The first-order valence-electron chi connectivity index (χ1n) is 7.15. The Morgan fingerprint density at radius 1 is 1.33 bits per heavy atom. The van der Waals surface area contributed by atoms with Crippen molar-refractivity contribution in [2.75, 3.05) is 6.54 Å². The lowest BCUT2D eigenvalue weighted by molar-refractivity contribution is 0.384. The van der Waals surface area contributed by atoms with Crippen LogP contribution in [0.1, 0.15) is 43.7 Å². The monoisotopic (exact) mass is 249 g/mol. The normalized spacial score (nSPS) is 18.2. The molecule has 1 fully saturated rings. The second-order valence-electron chi connectivity index (χ2n) is 5.61. The molecule has 0 spiro atoms. The molecule has 1 aromatic carbocycles. The molecule has 100 valence electrons. The zero-order valence-corrected chi connectivity index (χ0v) is 11.5. The fourth-order valence-electron chi connectivity index (χ4n) is 3.00. The zero-order valence-electron chi connectivity index (χ0n) is 11.5. The van der Waals surface area contributed by atoms with Crippen molar-refractivity contribution in [3.05, 3.63) is 35.1 Å². The molecule has 0 radical (unpaired) electrons. The average molecular weight is 249 g/mol. The molecular formula is C16H24FN. The lowest BCUT2D eigenvalue weighted by Gasteiger charge is -2.20. The molecule has 1 unspecified atom stereocenters. The van der Waals surface area contributed by atoms with Gasteiger partial charge < -0.3 is 5.32 Å². The third-order valence-corrected chi connectivity index (χ3v) is 4.27. The maximum Gasteiger partial charge on any atom is 0.123 e. The lowest BCUT2D eigenvalue weighted by Crippen LogP contribution is -2.33. The molecule has 2 rings (SSSR count). The van der Waals surface area contributed by atoms with Gasteiger partial charge in [-0.25, -0.2) is 4.39 Å². The van der Waals surface area contributed by atoms with Crippen LogP contribution in [0.3, 0.4) is 0 Å². The molecule has 0 heterocycles. The van der Waals surface area contributed by atoms with Crippen molar-refractivity contribution in [1.82, 2.24) is 5.32 Å². The molecule has 0 aromatic heterocycles.